The fraction of sp³-hybridized carbons (Fsp3) is 0.345. The number of ether oxygens (including phenoxy) is 2. The van der Waals surface area contributed by atoms with Crippen molar-refractivity contribution < 1.29 is 24.2 Å². The Morgan fingerprint density at radius 1 is 1.16 bits per heavy atom. The molecule has 2 aromatic carbocycles. The van der Waals surface area contributed by atoms with Gasteiger partial charge in [-0.15, -0.1) is 0 Å². The molecule has 2 atom stereocenters. The molecule has 0 saturated carbocycles. The van der Waals surface area contributed by atoms with E-state index in [4.69, 9.17) is 9.47 Å². The Morgan fingerprint density at radius 2 is 1.97 bits per heavy atom. The van der Waals surface area contributed by atoms with E-state index in [1.165, 1.54) is 0 Å². The fourth-order valence-electron chi connectivity index (χ4n) is 4.99. The third-order valence-corrected chi connectivity index (χ3v) is 6.75. The van der Waals surface area contributed by atoms with Crippen LogP contribution >= 0.6 is 0 Å². The van der Waals surface area contributed by atoms with E-state index in [0.717, 1.165) is 35.5 Å². The average Bonchev–Trinajstić information content (AvgIpc) is 3.61. The Labute approximate surface area is 216 Å². The Balaban J connectivity index is 1.50. The lowest BCUT2D eigenvalue weighted by molar-refractivity contribution is -0.139. The number of nitrogens with zero attached hydrogens (tertiary/aromatic N) is 3. The maximum atomic E-state index is 13.3. The van der Waals surface area contributed by atoms with E-state index in [1.54, 1.807) is 23.5 Å². The second kappa shape index (κ2) is 10.5. The van der Waals surface area contributed by atoms with Gasteiger partial charge < -0.3 is 24.0 Å². The number of imidazole rings is 1. The average molecular weight is 502 g/mol. The summed E-state index contributed by atoms with van der Waals surface area (Å²) in [5, 5.41) is 11.4. The smallest absolute Gasteiger partial charge is 0.295 e. The first kappa shape index (κ1) is 24.6. The van der Waals surface area contributed by atoms with Crippen molar-refractivity contribution in [3.63, 3.8) is 0 Å². The molecule has 1 N–H and O–H groups in total. The van der Waals surface area contributed by atoms with Crippen molar-refractivity contribution in [1.29, 1.82) is 0 Å². The Bertz CT molecular complexity index is 1310. The van der Waals surface area contributed by atoms with Gasteiger partial charge in [-0.3, -0.25) is 9.59 Å². The van der Waals surface area contributed by atoms with Crippen molar-refractivity contribution in [1.82, 2.24) is 14.5 Å². The van der Waals surface area contributed by atoms with E-state index in [-0.39, 0.29) is 17.4 Å². The maximum Gasteiger partial charge on any atom is 0.295 e. The molecule has 1 amide bonds. The number of aliphatic hydroxyl groups is 1. The van der Waals surface area contributed by atoms with Crippen molar-refractivity contribution >= 4 is 17.4 Å². The van der Waals surface area contributed by atoms with Gasteiger partial charge in [0.2, 0.25) is 0 Å². The highest BCUT2D eigenvalue weighted by Crippen LogP contribution is 2.41. The molecule has 2 aliphatic heterocycles. The highest BCUT2D eigenvalue weighted by atomic mass is 16.5. The molecule has 1 aromatic heterocycles. The first-order chi connectivity index (χ1) is 18.0. The summed E-state index contributed by atoms with van der Waals surface area (Å²) in [5.74, 6) is 0.0379. The fourth-order valence-corrected chi connectivity index (χ4v) is 4.99. The van der Waals surface area contributed by atoms with Crippen molar-refractivity contribution in [2.75, 3.05) is 13.2 Å². The Morgan fingerprint density at radius 3 is 2.70 bits per heavy atom. The lowest BCUT2D eigenvalue weighted by Gasteiger charge is -2.25. The number of hydrogen-bond donors (Lipinski definition) is 1. The molecule has 0 aliphatic carbocycles. The predicted octanol–water partition coefficient (Wildman–Crippen LogP) is 4.51. The van der Waals surface area contributed by atoms with Gasteiger partial charge in [-0.05, 0) is 61.2 Å². The molecule has 192 valence electrons. The van der Waals surface area contributed by atoms with Crippen LogP contribution in [0.25, 0.3) is 5.76 Å². The van der Waals surface area contributed by atoms with Gasteiger partial charge in [-0.1, -0.05) is 19.1 Å². The van der Waals surface area contributed by atoms with Gasteiger partial charge in [-0.2, -0.15) is 0 Å². The van der Waals surface area contributed by atoms with Gasteiger partial charge in [0, 0.05) is 37.5 Å². The minimum atomic E-state index is -0.702. The van der Waals surface area contributed by atoms with E-state index < -0.39 is 17.7 Å². The van der Waals surface area contributed by atoms with Gasteiger partial charge in [-0.25, -0.2) is 4.98 Å². The van der Waals surface area contributed by atoms with Crippen molar-refractivity contribution in [3.8, 4) is 11.5 Å². The Hall–Kier alpha value is -4.07. The van der Waals surface area contributed by atoms with Crippen molar-refractivity contribution in [2.45, 2.75) is 51.8 Å². The zero-order valence-electron chi connectivity index (χ0n) is 21.1. The minimum Gasteiger partial charge on any atom is -0.507 e. The van der Waals surface area contributed by atoms with Crippen LogP contribution in [0.15, 0.2) is 66.8 Å². The van der Waals surface area contributed by atoms with E-state index in [2.05, 4.69) is 4.98 Å². The third kappa shape index (κ3) is 4.96. The third-order valence-electron chi connectivity index (χ3n) is 6.75. The van der Waals surface area contributed by atoms with Gasteiger partial charge in [0.1, 0.15) is 23.4 Å². The largest absolute Gasteiger partial charge is 0.507 e. The molecule has 0 bridgehead atoms. The number of Topliss-reactive ketones (excluding diaryl/α,β-unsaturated/α-hetero) is 1. The summed E-state index contributed by atoms with van der Waals surface area (Å²) in [6.45, 7) is 5.64. The van der Waals surface area contributed by atoms with Crippen LogP contribution in [0.1, 0.15) is 49.4 Å². The molecule has 1 saturated heterocycles. The molecule has 3 heterocycles. The van der Waals surface area contributed by atoms with Crippen LogP contribution in [-0.4, -0.2) is 50.5 Å². The second-order valence-corrected chi connectivity index (χ2v) is 9.52. The summed E-state index contributed by atoms with van der Waals surface area (Å²) in [4.78, 5) is 32.2. The van der Waals surface area contributed by atoms with Crippen LogP contribution < -0.4 is 9.47 Å². The number of benzene rings is 2. The standard InChI is InChI=1S/C29H31N3O5/c1-3-15-36-23-8-5-20(6-9-23)26-25(27(33)21-7-10-24-22(17-21)16-19(2)37-24)28(34)29(35)32(26)13-4-12-31-14-11-30-18-31/h5-11,14,17-19,26,33H,3-4,12-13,15-16H2,1-2H3/b27-25+/t19-,26+/m0/s1. The number of fused-ring (bicyclic) bond motifs is 1. The summed E-state index contributed by atoms with van der Waals surface area (Å²) in [6.07, 6.45) is 7.59. The summed E-state index contributed by atoms with van der Waals surface area (Å²) in [7, 11) is 0. The summed E-state index contributed by atoms with van der Waals surface area (Å²) < 4.78 is 13.4. The molecular formula is C29H31N3O5. The van der Waals surface area contributed by atoms with Crippen LogP contribution in [0, 0.1) is 0 Å². The molecule has 2 aliphatic rings. The molecule has 0 radical (unpaired) electrons. The lowest BCUT2D eigenvalue weighted by Crippen LogP contribution is -2.31. The quantitative estimate of drug-likeness (QED) is 0.264. The summed E-state index contributed by atoms with van der Waals surface area (Å²) in [6, 6.07) is 12.1. The van der Waals surface area contributed by atoms with Gasteiger partial charge in [0.15, 0.2) is 0 Å². The molecule has 8 nitrogen and oxygen atoms in total. The highest BCUT2D eigenvalue weighted by Gasteiger charge is 2.45. The van der Waals surface area contributed by atoms with Crippen molar-refractivity contribution in [3.05, 3.63) is 83.4 Å². The van der Waals surface area contributed by atoms with Crippen molar-refractivity contribution in [2.24, 2.45) is 0 Å². The number of rotatable bonds is 9. The topological polar surface area (TPSA) is 93.9 Å². The molecule has 1 fully saturated rings. The first-order valence-corrected chi connectivity index (χ1v) is 12.7. The number of carbonyl (C=O) groups is 2. The molecule has 0 spiro atoms. The molecule has 0 unspecified atom stereocenters. The number of aromatic nitrogens is 2. The number of carbonyl (C=O) groups excluding carboxylic acids is 2. The van der Waals surface area contributed by atoms with Crippen LogP contribution in [0.3, 0.4) is 0 Å². The first-order valence-electron chi connectivity index (χ1n) is 12.7. The van der Waals surface area contributed by atoms with Crippen LogP contribution in [-0.2, 0) is 22.6 Å². The number of aliphatic hydroxyl groups excluding tert-OH is 1. The number of ketones is 1. The zero-order chi connectivity index (χ0) is 25.9. The van der Waals surface area contributed by atoms with E-state index in [0.29, 0.717) is 31.7 Å². The highest BCUT2D eigenvalue weighted by molar-refractivity contribution is 6.46. The SMILES string of the molecule is CCCOc1ccc([C@@H]2/C(=C(\O)c3ccc4c(c3)C[C@H](C)O4)C(=O)C(=O)N2CCCn2ccnc2)cc1. The van der Waals surface area contributed by atoms with Crippen LogP contribution in [0.5, 0.6) is 11.5 Å². The monoisotopic (exact) mass is 501 g/mol. The van der Waals surface area contributed by atoms with Gasteiger partial charge >= 0.3 is 0 Å². The second-order valence-electron chi connectivity index (χ2n) is 9.52. The summed E-state index contributed by atoms with van der Waals surface area (Å²) in [5.41, 5.74) is 2.31. The van der Waals surface area contributed by atoms with E-state index in [9.17, 15) is 14.7 Å². The zero-order valence-corrected chi connectivity index (χ0v) is 21.1. The predicted molar refractivity (Wildman–Crippen MR) is 138 cm³/mol. The van der Waals surface area contributed by atoms with Gasteiger partial charge in [0.05, 0.1) is 24.5 Å². The molecule has 8 heteroatoms. The maximum absolute atomic E-state index is 13.3. The van der Waals surface area contributed by atoms with Crippen LogP contribution in [0.4, 0.5) is 0 Å². The normalized spacial score (nSPS) is 20.2. The molecular weight excluding hydrogens is 470 g/mol. The lowest BCUT2D eigenvalue weighted by atomic mass is 9.94. The number of hydrogen-bond acceptors (Lipinski definition) is 6. The van der Waals surface area contributed by atoms with Gasteiger partial charge in [0.25, 0.3) is 11.7 Å². The molecule has 3 aromatic rings. The Kier molecular flexibility index (Phi) is 6.99. The number of likely N-dealkylation sites (tertiary alicyclic amines) is 1. The van der Waals surface area contributed by atoms with E-state index >= 15 is 0 Å². The minimum absolute atomic E-state index is 0.0573. The molecule has 5 rings (SSSR count). The molecule has 37 heavy (non-hydrogen) atoms. The van der Waals surface area contributed by atoms with Crippen LogP contribution in [0.2, 0.25) is 0 Å². The number of aryl methyl sites for hydroxylation is 1. The summed E-state index contributed by atoms with van der Waals surface area (Å²) >= 11 is 0. The number of amides is 1. The van der Waals surface area contributed by atoms with E-state index in [1.807, 2.05) is 61.0 Å².